The van der Waals surface area contributed by atoms with E-state index in [1.807, 2.05) is 6.92 Å². The molecule has 0 spiro atoms. The molecule has 0 saturated carbocycles. The summed E-state index contributed by atoms with van der Waals surface area (Å²) in [4.78, 5) is 18.7. The number of aromatic amines is 1. The van der Waals surface area contributed by atoms with Crippen molar-refractivity contribution in [1.29, 1.82) is 0 Å². The van der Waals surface area contributed by atoms with Crippen LogP contribution in [0.4, 0.5) is 16.0 Å². The Morgan fingerprint density at radius 2 is 2.11 bits per heavy atom. The molecule has 0 aliphatic heterocycles. The van der Waals surface area contributed by atoms with E-state index in [4.69, 9.17) is 0 Å². The van der Waals surface area contributed by atoms with Gasteiger partial charge in [-0.1, -0.05) is 13.0 Å². The Hall–Kier alpha value is -2.17. The van der Waals surface area contributed by atoms with Gasteiger partial charge in [0.1, 0.15) is 5.82 Å². The summed E-state index contributed by atoms with van der Waals surface area (Å²) < 4.78 is 13.4. The number of rotatable bonds is 3. The van der Waals surface area contributed by atoms with E-state index in [0.717, 1.165) is 5.69 Å². The van der Waals surface area contributed by atoms with Crippen molar-refractivity contribution in [3.63, 3.8) is 0 Å². The van der Waals surface area contributed by atoms with E-state index in [1.54, 1.807) is 26.0 Å². The van der Waals surface area contributed by atoms with Crippen LogP contribution in [0.5, 0.6) is 0 Å². The van der Waals surface area contributed by atoms with Crippen LogP contribution in [0, 0.1) is 19.7 Å². The zero-order valence-corrected chi connectivity index (χ0v) is 11.2. The zero-order chi connectivity index (χ0) is 14.0. The van der Waals surface area contributed by atoms with Crippen molar-refractivity contribution >= 4 is 11.6 Å². The van der Waals surface area contributed by atoms with Gasteiger partial charge in [-0.2, -0.15) is 0 Å². The standard InChI is InChI=1S/C14H16FN3O/c1-4-12-9(3)13(19)18-14(17-12)16-10-6-5-8(2)11(15)7-10/h5-7H,4H2,1-3H3,(H2,16,17,18,19). The van der Waals surface area contributed by atoms with Crippen molar-refractivity contribution in [3.05, 3.63) is 51.2 Å². The van der Waals surface area contributed by atoms with Crippen LogP contribution >= 0.6 is 0 Å². The maximum Gasteiger partial charge on any atom is 0.255 e. The van der Waals surface area contributed by atoms with Crippen molar-refractivity contribution in [1.82, 2.24) is 9.97 Å². The summed E-state index contributed by atoms with van der Waals surface area (Å²) in [5.41, 5.74) is 2.30. The Bertz CT molecular complexity index is 664. The Morgan fingerprint density at radius 3 is 2.74 bits per heavy atom. The van der Waals surface area contributed by atoms with Gasteiger partial charge in [0.25, 0.3) is 5.56 Å². The lowest BCUT2D eigenvalue weighted by molar-refractivity contribution is 0.619. The number of nitrogens with one attached hydrogen (secondary N) is 2. The van der Waals surface area contributed by atoms with E-state index in [0.29, 0.717) is 29.2 Å². The molecule has 1 aromatic heterocycles. The summed E-state index contributed by atoms with van der Waals surface area (Å²) in [7, 11) is 0. The largest absolute Gasteiger partial charge is 0.326 e. The molecular formula is C14H16FN3O. The molecule has 0 amide bonds. The molecule has 0 aliphatic carbocycles. The fourth-order valence-electron chi connectivity index (χ4n) is 1.79. The van der Waals surface area contributed by atoms with E-state index < -0.39 is 0 Å². The molecule has 4 nitrogen and oxygen atoms in total. The first kappa shape index (κ1) is 13.3. The maximum atomic E-state index is 13.4. The number of aromatic nitrogens is 2. The highest BCUT2D eigenvalue weighted by molar-refractivity contribution is 5.54. The van der Waals surface area contributed by atoms with Crippen molar-refractivity contribution < 1.29 is 4.39 Å². The van der Waals surface area contributed by atoms with Gasteiger partial charge >= 0.3 is 0 Å². The van der Waals surface area contributed by atoms with Crippen LogP contribution in [0.1, 0.15) is 23.7 Å². The summed E-state index contributed by atoms with van der Waals surface area (Å²) in [6.45, 7) is 5.37. The second-order valence-electron chi connectivity index (χ2n) is 4.43. The van der Waals surface area contributed by atoms with Gasteiger partial charge in [-0.05, 0) is 38.0 Å². The summed E-state index contributed by atoms with van der Waals surface area (Å²) in [6.07, 6.45) is 0.673. The number of hydrogen-bond acceptors (Lipinski definition) is 3. The number of anilines is 2. The molecule has 19 heavy (non-hydrogen) atoms. The first-order chi connectivity index (χ1) is 9.01. The molecule has 0 bridgehead atoms. The van der Waals surface area contributed by atoms with Crippen molar-refractivity contribution in [2.75, 3.05) is 5.32 Å². The molecule has 1 aromatic carbocycles. The van der Waals surface area contributed by atoms with Crippen LogP contribution < -0.4 is 10.9 Å². The van der Waals surface area contributed by atoms with Crippen LogP contribution in [-0.2, 0) is 6.42 Å². The minimum atomic E-state index is -0.296. The Balaban J connectivity index is 2.35. The minimum Gasteiger partial charge on any atom is -0.326 e. The van der Waals surface area contributed by atoms with Gasteiger partial charge in [0.05, 0.1) is 5.69 Å². The molecule has 0 saturated heterocycles. The molecule has 2 N–H and O–H groups in total. The first-order valence-corrected chi connectivity index (χ1v) is 6.14. The van der Waals surface area contributed by atoms with Crippen LogP contribution in [0.15, 0.2) is 23.0 Å². The average Bonchev–Trinajstić information content (AvgIpc) is 2.38. The molecule has 0 radical (unpaired) electrons. The van der Waals surface area contributed by atoms with E-state index in [2.05, 4.69) is 15.3 Å². The highest BCUT2D eigenvalue weighted by atomic mass is 19.1. The third kappa shape index (κ3) is 2.81. The molecule has 0 aliphatic rings. The normalized spacial score (nSPS) is 10.5. The highest BCUT2D eigenvalue weighted by Gasteiger charge is 2.06. The second kappa shape index (κ2) is 5.22. The van der Waals surface area contributed by atoms with Crippen molar-refractivity contribution in [2.24, 2.45) is 0 Å². The number of halogens is 1. The summed E-state index contributed by atoms with van der Waals surface area (Å²) in [5, 5.41) is 2.91. The fraction of sp³-hybridized carbons (Fsp3) is 0.286. The summed E-state index contributed by atoms with van der Waals surface area (Å²) in [6, 6.07) is 4.79. The van der Waals surface area contributed by atoms with Gasteiger partial charge in [-0.3, -0.25) is 9.78 Å². The Kier molecular flexibility index (Phi) is 3.64. The van der Waals surface area contributed by atoms with E-state index in [9.17, 15) is 9.18 Å². The molecule has 1 heterocycles. The predicted molar refractivity (Wildman–Crippen MR) is 73.4 cm³/mol. The van der Waals surface area contributed by atoms with Crippen LogP contribution in [0.2, 0.25) is 0 Å². The molecule has 0 fully saturated rings. The van der Waals surface area contributed by atoms with Gasteiger partial charge in [0.2, 0.25) is 5.95 Å². The first-order valence-electron chi connectivity index (χ1n) is 6.14. The minimum absolute atomic E-state index is 0.179. The molecule has 0 unspecified atom stereocenters. The molecule has 2 aromatic rings. The number of aryl methyl sites for hydroxylation is 2. The third-order valence-corrected chi connectivity index (χ3v) is 3.02. The van der Waals surface area contributed by atoms with Crippen LogP contribution in [-0.4, -0.2) is 9.97 Å². The molecule has 100 valence electrons. The van der Waals surface area contributed by atoms with Crippen LogP contribution in [0.25, 0.3) is 0 Å². The third-order valence-electron chi connectivity index (χ3n) is 3.02. The highest BCUT2D eigenvalue weighted by Crippen LogP contribution is 2.16. The predicted octanol–water partition coefficient (Wildman–Crippen LogP) is 2.83. The molecule has 5 heteroatoms. The lowest BCUT2D eigenvalue weighted by atomic mass is 10.2. The van der Waals surface area contributed by atoms with Crippen LogP contribution in [0.3, 0.4) is 0 Å². The van der Waals surface area contributed by atoms with Gasteiger partial charge in [-0.15, -0.1) is 0 Å². The van der Waals surface area contributed by atoms with E-state index in [-0.39, 0.29) is 11.4 Å². The van der Waals surface area contributed by atoms with Crippen molar-refractivity contribution in [3.8, 4) is 0 Å². The van der Waals surface area contributed by atoms with E-state index in [1.165, 1.54) is 6.07 Å². The lowest BCUT2D eigenvalue weighted by Gasteiger charge is -2.09. The zero-order valence-electron chi connectivity index (χ0n) is 11.2. The molecule has 0 atom stereocenters. The fourth-order valence-corrected chi connectivity index (χ4v) is 1.79. The number of H-pyrrole nitrogens is 1. The second-order valence-corrected chi connectivity index (χ2v) is 4.43. The lowest BCUT2D eigenvalue weighted by Crippen LogP contribution is -2.16. The average molecular weight is 261 g/mol. The van der Waals surface area contributed by atoms with E-state index >= 15 is 0 Å². The van der Waals surface area contributed by atoms with Gasteiger partial charge in [-0.25, -0.2) is 9.37 Å². The monoisotopic (exact) mass is 261 g/mol. The topological polar surface area (TPSA) is 57.8 Å². The molecule has 2 rings (SSSR count). The Morgan fingerprint density at radius 1 is 1.37 bits per heavy atom. The Labute approximate surface area is 110 Å². The summed E-state index contributed by atoms with van der Waals surface area (Å²) in [5.74, 6) is 0.0332. The van der Waals surface area contributed by atoms with Crippen molar-refractivity contribution in [2.45, 2.75) is 27.2 Å². The van der Waals surface area contributed by atoms with Gasteiger partial charge in [0, 0.05) is 11.3 Å². The number of benzene rings is 1. The maximum absolute atomic E-state index is 13.4. The number of hydrogen-bond donors (Lipinski definition) is 2. The SMILES string of the molecule is CCc1nc(Nc2ccc(C)c(F)c2)[nH]c(=O)c1C. The summed E-state index contributed by atoms with van der Waals surface area (Å²) >= 11 is 0. The van der Waals surface area contributed by atoms with Gasteiger partial charge in [0.15, 0.2) is 0 Å². The van der Waals surface area contributed by atoms with Gasteiger partial charge < -0.3 is 5.32 Å². The number of nitrogens with zero attached hydrogens (tertiary/aromatic N) is 1. The quantitative estimate of drug-likeness (QED) is 0.893. The molecular weight excluding hydrogens is 245 g/mol. The smallest absolute Gasteiger partial charge is 0.255 e.